The molecule has 0 amide bonds. The van der Waals surface area contributed by atoms with Gasteiger partial charge in [0.2, 0.25) is 0 Å². The minimum absolute atomic E-state index is 0.0482. The van der Waals surface area contributed by atoms with Crippen LogP contribution in [0.4, 0.5) is 5.82 Å². The summed E-state index contributed by atoms with van der Waals surface area (Å²) in [6.45, 7) is 2.49. The predicted molar refractivity (Wildman–Crippen MR) is 88.5 cm³/mol. The Labute approximate surface area is 142 Å². The third kappa shape index (κ3) is 4.48. The largest absolute Gasteiger partial charge is 0.493 e. The lowest BCUT2D eigenvalue weighted by atomic mass is 10.2. The quantitative estimate of drug-likeness (QED) is 0.237. The number of carbonyl (C=O) groups is 1. The first-order chi connectivity index (χ1) is 11.5. The van der Waals surface area contributed by atoms with E-state index < -0.39 is 4.92 Å². The van der Waals surface area contributed by atoms with Crippen LogP contribution in [0.15, 0.2) is 35.6 Å². The summed E-state index contributed by atoms with van der Waals surface area (Å²) in [4.78, 5) is 25.8. The van der Waals surface area contributed by atoms with Crippen LogP contribution < -0.4 is 4.74 Å². The second-order valence-electron chi connectivity index (χ2n) is 4.66. The van der Waals surface area contributed by atoms with E-state index in [9.17, 15) is 14.9 Å². The number of imidazole rings is 1. The zero-order valence-electron chi connectivity index (χ0n) is 13.3. The van der Waals surface area contributed by atoms with Crippen molar-refractivity contribution in [3.8, 4) is 5.75 Å². The van der Waals surface area contributed by atoms with Crippen LogP contribution in [0.2, 0.25) is 0 Å². The van der Waals surface area contributed by atoms with Crippen molar-refractivity contribution in [2.24, 2.45) is 7.05 Å². The first kappa shape index (κ1) is 17.8. The fraction of sp³-hybridized carbons (Fsp3) is 0.333. The van der Waals surface area contributed by atoms with E-state index in [1.165, 1.54) is 22.5 Å². The lowest BCUT2D eigenvalue weighted by Gasteiger charge is -2.06. The Morgan fingerprint density at radius 1 is 1.38 bits per heavy atom. The van der Waals surface area contributed by atoms with Crippen molar-refractivity contribution in [2.45, 2.75) is 12.1 Å². The smallest absolute Gasteiger partial charge is 0.343 e. The Balaban J connectivity index is 1.80. The Hall–Kier alpha value is -2.55. The second kappa shape index (κ2) is 8.34. The topological polar surface area (TPSA) is 96.5 Å². The molecule has 0 saturated carbocycles. The fourth-order valence-corrected chi connectivity index (χ4v) is 2.65. The number of thioether (sulfide) groups is 1. The Kier molecular flexibility index (Phi) is 6.19. The number of aromatic nitrogens is 2. The fourth-order valence-electron chi connectivity index (χ4n) is 1.88. The highest BCUT2D eigenvalue weighted by Gasteiger charge is 2.16. The molecule has 0 radical (unpaired) electrons. The van der Waals surface area contributed by atoms with Gasteiger partial charge in [0, 0.05) is 5.75 Å². The van der Waals surface area contributed by atoms with Gasteiger partial charge in [0.25, 0.3) is 5.16 Å². The van der Waals surface area contributed by atoms with Crippen molar-refractivity contribution in [1.29, 1.82) is 0 Å². The second-order valence-corrected chi connectivity index (χ2v) is 5.72. The van der Waals surface area contributed by atoms with Gasteiger partial charge in [-0.1, -0.05) is 11.8 Å². The van der Waals surface area contributed by atoms with Gasteiger partial charge in [-0.2, -0.15) is 0 Å². The number of nitro groups is 1. The van der Waals surface area contributed by atoms with E-state index in [1.54, 1.807) is 38.2 Å². The molecule has 0 atom stereocenters. The maximum Gasteiger partial charge on any atom is 0.343 e. The summed E-state index contributed by atoms with van der Waals surface area (Å²) in [6.07, 6.45) is 1.23. The Bertz CT molecular complexity index is 714. The molecule has 1 aromatic carbocycles. The van der Waals surface area contributed by atoms with E-state index in [0.717, 1.165) is 0 Å². The molecule has 0 N–H and O–H groups in total. The molecule has 2 rings (SSSR count). The molecule has 24 heavy (non-hydrogen) atoms. The van der Waals surface area contributed by atoms with Crippen LogP contribution in [0.25, 0.3) is 0 Å². The van der Waals surface area contributed by atoms with Crippen molar-refractivity contribution in [3.05, 3.63) is 46.1 Å². The Morgan fingerprint density at radius 3 is 2.67 bits per heavy atom. The summed E-state index contributed by atoms with van der Waals surface area (Å²) >= 11 is 1.37. The van der Waals surface area contributed by atoms with Gasteiger partial charge in [0.05, 0.1) is 25.8 Å². The highest BCUT2D eigenvalue weighted by molar-refractivity contribution is 7.99. The summed E-state index contributed by atoms with van der Waals surface area (Å²) in [5.41, 5.74) is 0.471. The monoisotopic (exact) mass is 351 g/mol. The summed E-state index contributed by atoms with van der Waals surface area (Å²) in [5.74, 6) is 0.806. The summed E-state index contributed by atoms with van der Waals surface area (Å²) < 4.78 is 11.9. The molecule has 0 unspecified atom stereocenters. The maximum absolute atomic E-state index is 11.5. The Morgan fingerprint density at radius 2 is 2.08 bits per heavy atom. The van der Waals surface area contributed by atoms with E-state index in [-0.39, 0.29) is 11.8 Å². The number of benzene rings is 1. The summed E-state index contributed by atoms with van der Waals surface area (Å²) in [6, 6.07) is 6.68. The molecular formula is C15H17N3O5S. The molecule has 1 heterocycles. The van der Waals surface area contributed by atoms with Crippen molar-refractivity contribution in [3.63, 3.8) is 0 Å². The zero-order chi connectivity index (χ0) is 17.5. The number of rotatable bonds is 8. The van der Waals surface area contributed by atoms with E-state index >= 15 is 0 Å². The number of nitrogens with zero attached hydrogens (tertiary/aromatic N) is 3. The van der Waals surface area contributed by atoms with Crippen LogP contribution in [0, 0.1) is 10.1 Å². The van der Waals surface area contributed by atoms with Crippen molar-refractivity contribution >= 4 is 23.5 Å². The van der Waals surface area contributed by atoms with Gasteiger partial charge in [-0.15, -0.1) is 0 Å². The van der Waals surface area contributed by atoms with Gasteiger partial charge >= 0.3 is 11.8 Å². The molecule has 0 saturated heterocycles. The van der Waals surface area contributed by atoms with Crippen molar-refractivity contribution in [2.75, 3.05) is 19.0 Å². The molecule has 9 heteroatoms. The molecular weight excluding hydrogens is 334 g/mol. The standard InChI is InChI=1S/C15H17N3O5S/c1-3-22-14(19)11-4-6-12(7-5-11)23-8-9-24-15-16-10-13(17(15)2)18(20)21/h4-7,10H,3,8-9H2,1-2H3. The van der Waals surface area contributed by atoms with Crippen molar-refractivity contribution in [1.82, 2.24) is 9.55 Å². The number of ether oxygens (including phenoxy) is 2. The molecule has 0 aliphatic rings. The first-order valence-electron chi connectivity index (χ1n) is 7.21. The lowest BCUT2D eigenvalue weighted by molar-refractivity contribution is -0.392. The molecule has 0 bridgehead atoms. The van der Waals surface area contributed by atoms with Crippen LogP contribution in [0.1, 0.15) is 17.3 Å². The molecule has 8 nitrogen and oxygen atoms in total. The third-order valence-electron chi connectivity index (χ3n) is 3.06. The van der Waals surface area contributed by atoms with Gasteiger partial charge in [-0.25, -0.2) is 14.3 Å². The average Bonchev–Trinajstić information content (AvgIpc) is 2.93. The third-order valence-corrected chi connectivity index (χ3v) is 4.07. The molecule has 0 aliphatic heterocycles. The number of carbonyl (C=O) groups excluding carboxylic acids is 1. The average molecular weight is 351 g/mol. The molecule has 0 aliphatic carbocycles. The van der Waals surface area contributed by atoms with E-state index in [1.807, 2.05) is 0 Å². The van der Waals surface area contributed by atoms with E-state index in [0.29, 0.717) is 35.4 Å². The summed E-state index contributed by atoms with van der Waals surface area (Å²) in [5, 5.41) is 11.3. The summed E-state index contributed by atoms with van der Waals surface area (Å²) in [7, 11) is 1.60. The van der Waals surface area contributed by atoms with Crippen LogP contribution in [0.5, 0.6) is 5.75 Å². The molecule has 0 spiro atoms. The SMILES string of the molecule is CCOC(=O)c1ccc(OCCSc2ncc([N+](=O)[O-])n2C)cc1. The van der Waals surface area contributed by atoms with Gasteiger partial charge in [-0.05, 0) is 36.1 Å². The normalized spacial score (nSPS) is 10.4. The first-order valence-corrected chi connectivity index (χ1v) is 8.20. The highest BCUT2D eigenvalue weighted by atomic mass is 32.2. The minimum atomic E-state index is -0.474. The molecule has 0 fully saturated rings. The number of hydrogen-bond acceptors (Lipinski definition) is 7. The van der Waals surface area contributed by atoms with Crippen LogP contribution in [-0.4, -0.2) is 39.4 Å². The van der Waals surface area contributed by atoms with Crippen LogP contribution >= 0.6 is 11.8 Å². The van der Waals surface area contributed by atoms with Gasteiger partial charge in [0.1, 0.15) is 11.9 Å². The maximum atomic E-state index is 11.5. The highest BCUT2D eigenvalue weighted by Crippen LogP contribution is 2.21. The van der Waals surface area contributed by atoms with Gasteiger partial charge in [-0.3, -0.25) is 0 Å². The van der Waals surface area contributed by atoms with E-state index in [2.05, 4.69) is 4.98 Å². The van der Waals surface area contributed by atoms with Crippen molar-refractivity contribution < 1.29 is 19.2 Å². The van der Waals surface area contributed by atoms with E-state index in [4.69, 9.17) is 9.47 Å². The molecule has 1 aromatic heterocycles. The van der Waals surface area contributed by atoms with Gasteiger partial charge in [0.15, 0.2) is 0 Å². The number of hydrogen-bond donors (Lipinski definition) is 0. The lowest BCUT2D eigenvalue weighted by Crippen LogP contribution is -2.05. The zero-order valence-corrected chi connectivity index (χ0v) is 14.1. The molecule has 128 valence electrons. The number of esters is 1. The van der Waals surface area contributed by atoms with Crippen LogP contribution in [0.3, 0.4) is 0 Å². The van der Waals surface area contributed by atoms with Crippen LogP contribution in [-0.2, 0) is 11.8 Å². The van der Waals surface area contributed by atoms with Gasteiger partial charge < -0.3 is 19.6 Å². The molecule has 2 aromatic rings. The predicted octanol–water partition coefficient (Wildman–Crippen LogP) is 2.68. The minimum Gasteiger partial charge on any atom is -0.493 e.